The van der Waals surface area contributed by atoms with Gasteiger partial charge in [-0.25, -0.2) is 13.4 Å². The molecule has 1 fully saturated rings. The van der Waals surface area contributed by atoms with Crippen LogP contribution in [0.25, 0.3) is 0 Å². The quantitative estimate of drug-likeness (QED) is 0.818. The second-order valence-electron chi connectivity index (χ2n) is 3.92. The largest absolute Gasteiger partial charge is 0.366 e. The van der Waals surface area contributed by atoms with Crippen LogP contribution in [0.15, 0.2) is 12.1 Å². The van der Waals surface area contributed by atoms with Crippen LogP contribution in [-0.2, 0) is 9.84 Å². The number of nitriles is 1. The molecule has 2 heterocycles. The fourth-order valence-electron chi connectivity index (χ4n) is 1.75. The first-order valence-electron chi connectivity index (χ1n) is 5.03. The van der Waals surface area contributed by atoms with Gasteiger partial charge < -0.3 is 5.32 Å². The van der Waals surface area contributed by atoms with Gasteiger partial charge >= 0.3 is 0 Å². The van der Waals surface area contributed by atoms with Crippen LogP contribution in [-0.4, -0.2) is 30.9 Å². The summed E-state index contributed by atoms with van der Waals surface area (Å²) >= 11 is 5.75. The third-order valence-corrected chi connectivity index (χ3v) is 4.47. The molecule has 2 rings (SSSR count). The van der Waals surface area contributed by atoms with Crippen molar-refractivity contribution in [3.05, 3.63) is 22.8 Å². The number of halogens is 1. The van der Waals surface area contributed by atoms with Crippen molar-refractivity contribution < 1.29 is 8.42 Å². The maximum absolute atomic E-state index is 11.3. The van der Waals surface area contributed by atoms with Gasteiger partial charge in [-0.3, -0.25) is 0 Å². The van der Waals surface area contributed by atoms with Crippen molar-refractivity contribution in [2.24, 2.45) is 0 Å². The number of rotatable bonds is 2. The molecule has 0 aromatic carbocycles. The zero-order valence-corrected chi connectivity index (χ0v) is 10.4. The number of hydrogen-bond acceptors (Lipinski definition) is 5. The van der Waals surface area contributed by atoms with E-state index in [1.54, 1.807) is 6.07 Å². The third-order valence-electron chi connectivity index (χ3n) is 2.51. The van der Waals surface area contributed by atoms with Crippen molar-refractivity contribution in [1.82, 2.24) is 4.98 Å². The number of nitrogens with zero attached hydrogens (tertiary/aromatic N) is 2. The zero-order valence-electron chi connectivity index (χ0n) is 8.85. The summed E-state index contributed by atoms with van der Waals surface area (Å²) in [5.41, 5.74) is 0.397. The first-order chi connectivity index (χ1) is 7.98. The van der Waals surface area contributed by atoms with Crippen molar-refractivity contribution >= 4 is 27.3 Å². The zero-order chi connectivity index (χ0) is 12.5. The molecule has 1 atom stereocenters. The normalized spacial score (nSPS) is 22.0. The van der Waals surface area contributed by atoms with Crippen LogP contribution in [0.3, 0.4) is 0 Å². The Hall–Kier alpha value is -1.32. The Balaban J connectivity index is 2.15. The molecule has 0 radical (unpaired) electrons. The van der Waals surface area contributed by atoms with E-state index in [-0.39, 0.29) is 22.7 Å². The molecule has 1 unspecified atom stereocenters. The molecule has 1 aliphatic rings. The number of aromatic nitrogens is 1. The van der Waals surface area contributed by atoms with Crippen LogP contribution in [0.1, 0.15) is 12.0 Å². The summed E-state index contributed by atoms with van der Waals surface area (Å²) in [7, 11) is -2.93. The molecule has 0 spiro atoms. The van der Waals surface area contributed by atoms with E-state index >= 15 is 0 Å². The van der Waals surface area contributed by atoms with Gasteiger partial charge in [0, 0.05) is 6.04 Å². The van der Waals surface area contributed by atoms with Gasteiger partial charge in [0.05, 0.1) is 23.1 Å². The smallest absolute Gasteiger partial charge is 0.152 e. The number of pyridine rings is 1. The van der Waals surface area contributed by atoms with Crippen LogP contribution in [0, 0.1) is 11.3 Å². The van der Waals surface area contributed by atoms with Gasteiger partial charge in [-0.05, 0) is 18.6 Å². The van der Waals surface area contributed by atoms with E-state index in [0.717, 1.165) is 0 Å². The van der Waals surface area contributed by atoms with Crippen LogP contribution < -0.4 is 5.32 Å². The van der Waals surface area contributed by atoms with Gasteiger partial charge in [0.15, 0.2) is 9.84 Å². The molecule has 1 aromatic heterocycles. The Bertz CT molecular complexity index is 580. The van der Waals surface area contributed by atoms with Crippen LogP contribution >= 0.6 is 11.6 Å². The second kappa shape index (κ2) is 4.51. The van der Waals surface area contributed by atoms with Gasteiger partial charge in [-0.1, -0.05) is 11.6 Å². The van der Waals surface area contributed by atoms with Crippen LogP contribution in [0.2, 0.25) is 5.15 Å². The summed E-state index contributed by atoms with van der Waals surface area (Å²) in [6.45, 7) is 0. The second-order valence-corrected chi connectivity index (χ2v) is 6.54. The summed E-state index contributed by atoms with van der Waals surface area (Å²) in [5.74, 6) is 0.732. The van der Waals surface area contributed by atoms with E-state index in [1.165, 1.54) is 6.07 Å². The Morgan fingerprint density at radius 3 is 2.88 bits per heavy atom. The van der Waals surface area contributed by atoms with Crippen molar-refractivity contribution in [3.8, 4) is 6.07 Å². The highest BCUT2D eigenvalue weighted by Crippen LogP contribution is 2.19. The molecule has 0 amide bonds. The molecule has 0 aliphatic carbocycles. The summed E-state index contributed by atoms with van der Waals surface area (Å²) in [6.07, 6.45) is 0.554. The lowest BCUT2D eigenvalue weighted by Gasteiger charge is -2.11. The molecule has 90 valence electrons. The highest BCUT2D eigenvalue weighted by molar-refractivity contribution is 7.91. The van der Waals surface area contributed by atoms with Gasteiger partial charge in [0.2, 0.25) is 0 Å². The molecule has 17 heavy (non-hydrogen) atoms. The Kier molecular flexibility index (Phi) is 3.22. The summed E-state index contributed by atoms with van der Waals surface area (Å²) in [6, 6.07) is 4.82. The van der Waals surface area contributed by atoms with E-state index in [2.05, 4.69) is 10.3 Å². The topological polar surface area (TPSA) is 82.8 Å². The maximum Gasteiger partial charge on any atom is 0.152 e. The highest BCUT2D eigenvalue weighted by atomic mass is 35.5. The van der Waals surface area contributed by atoms with Gasteiger partial charge in [-0.15, -0.1) is 0 Å². The van der Waals surface area contributed by atoms with E-state index in [4.69, 9.17) is 16.9 Å². The lowest BCUT2D eigenvalue weighted by atomic mass is 10.2. The fourth-order valence-corrected chi connectivity index (χ4v) is 3.64. The van der Waals surface area contributed by atoms with Crippen LogP contribution in [0.4, 0.5) is 5.82 Å². The van der Waals surface area contributed by atoms with Gasteiger partial charge in [0.1, 0.15) is 11.0 Å². The highest BCUT2D eigenvalue weighted by Gasteiger charge is 2.27. The maximum atomic E-state index is 11.3. The van der Waals surface area contributed by atoms with E-state index < -0.39 is 9.84 Å². The Labute approximate surface area is 104 Å². The van der Waals surface area contributed by atoms with Gasteiger partial charge in [-0.2, -0.15) is 5.26 Å². The predicted molar refractivity (Wildman–Crippen MR) is 64.6 cm³/mol. The summed E-state index contributed by atoms with van der Waals surface area (Å²) in [5, 5.41) is 12.0. The average molecular weight is 272 g/mol. The first kappa shape index (κ1) is 12.1. The minimum Gasteiger partial charge on any atom is -0.366 e. The van der Waals surface area contributed by atoms with E-state index in [1.807, 2.05) is 6.07 Å². The van der Waals surface area contributed by atoms with E-state index in [9.17, 15) is 8.42 Å². The van der Waals surface area contributed by atoms with Crippen LogP contribution in [0.5, 0.6) is 0 Å². The molecular weight excluding hydrogens is 262 g/mol. The predicted octanol–water partition coefficient (Wildman–Crippen LogP) is 1.21. The molecule has 1 aliphatic heterocycles. The molecule has 1 N–H and O–H groups in total. The third kappa shape index (κ3) is 3.08. The fraction of sp³-hybridized carbons (Fsp3) is 0.400. The molecule has 0 bridgehead atoms. The molecular formula is C10H10ClN3O2S. The van der Waals surface area contributed by atoms with Crippen molar-refractivity contribution in [2.75, 3.05) is 16.8 Å². The summed E-state index contributed by atoms with van der Waals surface area (Å²) < 4.78 is 22.6. The monoisotopic (exact) mass is 271 g/mol. The molecule has 1 saturated heterocycles. The first-order valence-corrected chi connectivity index (χ1v) is 7.23. The minimum atomic E-state index is -2.93. The standard InChI is InChI=1S/C10H10ClN3O2S/c11-9-3-7(5-12)4-10(14-9)13-8-1-2-17(15,16)6-8/h3-4,8H,1-2,6H2,(H,13,14). The number of anilines is 1. The van der Waals surface area contributed by atoms with E-state index in [0.29, 0.717) is 17.8 Å². The van der Waals surface area contributed by atoms with Crippen molar-refractivity contribution in [2.45, 2.75) is 12.5 Å². The average Bonchev–Trinajstić information content (AvgIpc) is 2.57. The van der Waals surface area contributed by atoms with Gasteiger partial charge in [0.25, 0.3) is 0 Å². The van der Waals surface area contributed by atoms with Crippen molar-refractivity contribution in [3.63, 3.8) is 0 Å². The van der Waals surface area contributed by atoms with Crippen molar-refractivity contribution in [1.29, 1.82) is 5.26 Å². The summed E-state index contributed by atoms with van der Waals surface area (Å²) in [4.78, 5) is 4.00. The Morgan fingerprint density at radius 1 is 1.53 bits per heavy atom. The number of nitrogens with one attached hydrogen (secondary N) is 1. The lowest BCUT2D eigenvalue weighted by molar-refractivity contribution is 0.602. The number of hydrogen-bond donors (Lipinski definition) is 1. The molecule has 0 saturated carbocycles. The SMILES string of the molecule is N#Cc1cc(Cl)nc(NC2CCS(=O)(=O)C2)c1. The minimum absolute atomic E-state index is 0.100. The molecule has 1 aromatic rings. The Morgan fingerprint density at radius 2 is 2.29 bits per heavy atom. The molecule has 7 heteroatoms. The lowest BCUT2D eigenvalue weighted by Crippen LogP contribution is -2.21. The molecule has 5 nitrogen and oxygen atoms in total. The number of sulfone groups is 1.